The second-order valence-corrected chi connectivity index (χ2v) is 12.6. The van der Waals surface area contributed by atoms with Gasteiger partial charge in [0.1, 0.15) is 16.5 Å². The van der Waals surface area contributed by atoms with Gasteiger partial charge in [-0.15, -0.1) is 0 Å². The second kappa shape index (κ2) is 11.9. The lowest BCUT2D eigenvalue weighted by atomic mass is 10.0. The molecule has 1 aromatic carbocycles. The molecule has 0 spiro atoms. The van der Waals surface area contributed by atoms with E-state index in [2.05, 4.69) is 24.8 Å². The molecule has 12 nitrogen and oxygen atoms in total. The highest BCUT2D eigenvalue weighted by Crippen LogP contribution is 2.36. The van der Waals surface area contributed by atoms with Gasteiger partial charge in [-0.25, -0.2) is 18.2 Å². The lowest BCUT2D eigenvalue weighted by molar-refractivity contribution is 0.0701. The highest BCUT2D eigenvalue weighted by atomic mass is 32.2. The zero-order valence-corrected chi connectivity index (χ0v) is 24.1. The van der Waals surface area contributed by atoms with Gasteiger partial charge >= 0.3 is 5.97 Å². The Morgan fingerprint density at radius 3 is 2.50 bits per heavy atom. The molecule has 214 valence electrons. The highest BCUT2D eigenvalue weighted by Gasteiger charge is 2.28. The van der Waals surface area contributed by atoms with Crippen LogP contribution in [0.4, 0.5) is 28.4 Å². The number of carboxylic acid groups (broad SMARTS) is 1. The van der Waals surface area contributed by atoms with E-state index < -0.39 is 16.0 Å². The molecule has 14 heteroatoms. The van der Waals surface area contributed by atoms with E-state index in [0.717, 1.165) is 66.6 Å². The molecule has 2 aromatic heterocycles. The molecule has 0 radical (unpaired) electrons. The molecule has 4 heterocycles. The van der Waals surface area contributed by atoms with Gasteiger partial charge in [0.15, 0.2) is 5.13 Å². The van der Waals surface area contributed by atoms with Crippen molar-refractivity contribution in [1.29, 1.82) is 0 Å². The van der Waals surface area contributed by atoms with Gasteiger partial charge in [0.25, 0.3) is 0 Å². The molecule has 0 bridgehead atoms. The number of benzene rings is 1. The Bertz CT molecular complexity index is 1470. The molecule has 0 unspecified atom stereocenters. The molecule has 0 atom stereocenters. The SMILES string of the molecule is CCCS(=O)(=O)Nc1ccc(CN2CCCc3c(N4CCOCC4)nc(Nc4nc(C)c(C(=O)O)s4)nc32)cc1. The summed E-state index contributed by atoms with van der Waals surface area (Å²) in [5.74, 6) is 1.11. The van der Waals surface area contributed by atoms with Crippen molar-refractivity contribution in [2.24, 2.45) is 0 Å². The van der Waals surface area contributed by atoms with E-state index in [1.165, 1.54) is 0 Å². The maximum Gasteiger partial charge on any atom is 0.347 e. The minimum atomic E-state index is -3.35. The van der Waals surface area contributed by atoms with E-state index in [9.17, 15) is 18.3 Å². The van der Waals surface area contributed by atoms with Gasteiger partial charge in [-0.3, -0.25) is 10.0 Å². The summed E-state index contributed by atoms with van der Waals surface area (Å²) in [7, 11) is -3.35. The predicted octanol–water partition coefficient (Wildman–Crippen LogP) is 3.62. The van der Waals surface area contributed by atoms with Gasteiger partial charge in [0.05, 0.1) is 24.7 Å². The number of nitrogens with one attached hydrogen (secondary N) is 2. The predicted molar refractivity (Wildman–Crippen MR) is 156 cm³/mol. The van der Waals surface area contributed by atoms with Crippen molar-refractivity contribution in [3.63, 3.8) is 0 Å². The van der Waals surface area contributed by atoms with Gasteiger partial charge in [0.2, 0.25) is 16.0 Å². The van der Waals surface area contributed by atoms with Crippen LogP contribution in [0.5, 0.6) is 0 Å². The van der Waals surface area contributed by atoms with Crippen LogP contribution >= 0.6 is 11.3 Å². The van der Waals surface area contributed by atoms with Crippen LogP contribution in [0.25, 0.3) is 0 Å². The van der Waals surface area contributed by atoms with E-state index in [0.29, 0.717) is 48.6 Å². The first-order valence-corrected chi connectivity index (χ1v) is 15.7. The molecule has 1 fully saturated rings. The van der Waals surface area contributed by atoms with Crippen LogP contribution < -0.4 is 19.8 Å². The quantitative estimate of drug-likeness (QED) is 0.319. The first kappa shape index (κ1) is 28.1. The van der Waals surface area contributed by atoms with Crippen molar-refractivity contribution in [3.05, 3.63) is 46.0 Å². The zero-order valence-electron chi connectivity index (χ0n) is 22.5. The molecule has 3 N–H and O–H groups in total. The maximum atomic E-state index is 12.1. The van der Waals surface area contributed by atoms with Crippen LogP contribution in [0.3, 0.4) is 0 Å². The first-order valence-electron chi connectivity index (χ1n) is 13.3. The van der Waals surface area contributed by atoms with Crippen LogP contribution in [0.1, 0.15) is 46.3 Å². The highest BCUT2D eigenvalue weighted by molar-refractivity contribution is 7.92. The maximum absolute atomic E-state index is 12.1. The number of sulfonamides is 1. The number of morpholine rings is 1. The van der Waals surface area contributed by atoms with E-state index >= 15 is 0 Å². The number of aromatic nitrogens is 3. The largest absolute Gasteiger partial charge is 0.477 e. The summed E-state index contributed by atoms with van der Waals surface area (Å²) in [5.41, 5.74) is 3.07. The third-order valence-electron chi connectivity index (χ3n) is 6.71. The molecule has 3 aromatic rings. The average Bonchev–Trinajstić information content (AvgIpc) is 3.30. The average molecular weight is 588 g/mol. The number of hydrogen-bond acceptors (Lipinski definition) is 11. The number of anilines is 5. The van der Waals surface area contributed by atoms with Crippen LogP contribution in [0.15, 0.2) is 24.3 Å². The number of rotatable bonds is 10. The smallest absolute Gasteiger partial charge is 0.347 e. The molecular weight excluding hydrogens is 554 g/mol. The topological polar surface area (TPSA) is 150 Å². The number of aromatic carboxylic acids is 1. The Morgan fingerprint density at radius 2 is 1.82 bits per heavy atom. The van der Waals surface area contributed by atoms with Crippen LogP contribution in [-0.2, 0) is 27.7 Å². The van der Waals surface area contributed by atoms with Gasteiger partial charge in [-0.05, 0) is 43.9 Å². The van der Waals surface area contributed by atoms with E-state index in [4.69, 9.17) is 14.7 Å². The summed E-state index contributed by atoms with van der Waals surface area (Å²) in [6.07, 6.45) is 2.34. The molecule has 1 saturated heterocycles. The van der Waals surface area contributed by atoms with Crippen molar-refractivity contribution in [3.8, 4) is 0 Å². The van der Waals surface area contributed by atoms with Crippen LogP contribution in [-0.4, -0.2) is 73.0 Å². The normalized spacial score (nSPS) is 15.6. The Balaban J connectivity index is 1.44. The molecule has 2 aliphatic heterocycles. The number of fused-ring (bicyclic) bond motifs is 1. The Labute approximate surface area is 237 Å². The molecule has 40 heavy (non-hydrogen) atoms. The summed E-state index contributed by atoms with van der Waals surface area (Å²) in [5, 5.41) is 13.0. The van der Waals surface area contributed by atoms with E-state index in [1.54, 1.807) is 19.1 Å². The monoisotopic (exact) mass is 587 g/mol. The lowest BCUT2D eigenvalue weighted by Crippen LogP contribution is -2.39. The number of nitrogens with zero attached hydrogens (tertiary/aromatic N) is 5. The number of carbonyl (C=O) groups is 1. The van der Waals surface area contributed by atoms with Crippen molar-refractivity contribution in [2.45, 2.75) is 39.7 Å². The molecule has 0 aliphatic carbocycles. The molecule has 0 saturated carbocycles. The van der Waals surface area contributed by atoms with Crippen molar-refractivity contribution >= 4 is 55.7 Å². The fourth-order valence-corrected chi connectivity index (χ4v) is 6.82. The fourth-order valence-electron chi connectivity index (χ4n) is 4.89. The third-order valence-corrected chi connectivity index (χ3v) is 9.26. The first-order chi connectivity index (χ1) is 19.2. The Kier molecular flexibility index (Phi) is 8.38. The lowest BCUT2D eigenvalue weighted by Gasteiger charge is -2.35. The van der Waals surface area contributed by atoms with E-state index in [1.807, 2.05) is 19.1 Å². The number of carboxylic acids is 1. The van der Waals surface area contributed by atoms with Crippen molar-refractivity contribution < 1.29 is 23.1 Å². The summed E-state index contributed by atoms with van der Waals surface area (Å²) >= 11 is 1.06. The number of hydrogen-bond donors (Lipinski definition) is 3. The number of ether oxygens (including phenoxy) is 1. The molecule has 2 aliphatic rings. The summed E-state index contributed by atoms with van der Waals surface area (Å²) in [6, 6.07) is 7.41. The van der Waals surface area contributed by atoms with Gasteiger partial charge in [0, 0.05) is 37.4 Å². The van der Waals surface area contributed by atoms with Crippen LogP contribution in [0, 0.1) is 6.92 Å². The number of aryl methyl sites for hydroxylation is 1. The zero-order chi connectivity index (χ0) is 28.3. The van der Waals surface area contributed by atoms with E-state index in [-0.39, 0.29) is 10.6 Å². The van der Waals surface area contributed by atoms with Gasteiger partial charge < -0.3 is 19.6 Å². The number of thiazole rings is 1. The third kappa shape index (κ3) is 6.45. The standard InChI is InChI=1S/C26H33N7O5S2/c1-3-15-40(36,37)31-19-8-6-18(7-9-19)16-33-10-4-5-20-22(32-11-13-38-14-12-32)28-25(29-23(20)33)30-26-27-17(2)21(39-26)24(34)35/h6-9,31H,3-5,10-16H2,1-2H3,(H,34,35)(H,27,28,29,30). The summed E-state index contributed by atoms with van der Waals surface area (Å²) in [6.45, 7) is 7.57. The summed E-state index contributed by atoms with van der Waals surface area (Å²) in [4.78, 5) is 30.2. The van der Waals surface area contributed by atoms with Gasteiger partial charge in [-0.2, -0.15) is 9.97 Å². The fraction of sp³-hybridized carbons (Fsp3) is 0.462. The Hall–Kier alpha value is -3.49. The minimum absolute atomic E-state index is 0.0824. The van der Waals surface area contributed by atoms with Crippen LogP contribution in [0.2, 0.25) is 0 Å². The minimum Gasteiger partial charge on any atom is -0.477 e. The Morgan fingerprint density at radius 1 is 1.10 bits per heavy atom. The molecule has 0 amide bonds. The van der Waals surface area contributed by atoms with Crippen molar-refractivity contribution in [2.75, 3.05) is 58.4 Å². The van der Waals surface area contributed by atoms with Crippen molar-refractivity contribution in [1.82, 2.24) is 15.0 Å². The van der Waals surface area contributed by atoms with Gasteiger partial charge in [-0.1, -0.05) is 30.4 Å². The molecule has 5 rings (SSSR count). The molecular formula is C26H33N7O5S2. The second-order valence-electron chi connectivity index (χ2n) is 9.78. The summed E-state index contributed by atoms with van der Waals surface area (Å²) < 4.78 is 32.5.